The van der Waals surface area contributed by atoms with Gasteiger partial charge in [0.2, 0.25) is 0 Å². The monoisotopic (exact) mass is 278 g/mol. The van der Waals surface area contributed by atoms with Crippen LogP contribution in [0.5, 0.6) is 0 Å². The van der Waals surface area contributed by atoms with Gasteiger partial charge in [-0.25, -0.2) is 0 Å². The Bertz CT molecular complexity index is 681. The van der Waals surface area contributed by atoms with Crippen molar-refractivity contribution in [1.29, 1.82) is 0 Å². The van der Waals surface area contributed by atoms with Gasteiger partial charge in [0.15, 0.2) is 0 Å². The maximum atomic E-state index is 11.8. The molecule has 0 aliphatic carbocycles. The largest absolute Gasteiger partial charge is 0.322 e. The second kappa shape index (κ2) is 5.17. The van der Waals surface area contributed by atoms with Crippen molar-refractivity contribution in [1.82, 2.24) is 4.98 Å². The molecule has 0 saturated carbocycles. The average molecular weight is 278 g/mol. The summed E-state index contributed by atoms with van der Waals surface area (Å²) in [5.74, 6) is -0.331. The summed E-state index contributed by atoms with van der Waals surface area (Å²) in [7, 11) is -4.22. The smallest absolute Gasteiger partial charge is 0.294 e. The number of nitrogens with one attached hydrogen (secondary N) is 1. The molecule has 0 radical (unpaired) electrons. The van der Waals surface area contributed by atoms with Crippen LogP contribution in [0.2, 0.25) is 0 Å². The maximum Gasteiger partial charge on any atom is 0.294 e. The molecule has 1 aromatic heterocycles. The van der Waals surface area contributed by atoms with E-state index in [1.165, 1.54) is 36.7 Å². The van der Waals surface area contributed by atoms with Crippen molar-refractivity contribution in [3.05, 3.63) is 54.4 Å². The van der Waals surface area contributed by atoms with Crippen LogP contribution >= 0.6 is 0 Å². The number of hydrogen-bond acceptors (Lipinski definition) is 4. The normalized spacial score (nSPS) is 11.0. The van der Waals surface area contributed by atoms with Crippen molar-refractivity contribution in [3.8, 4) is 0 Å². The summed E-state index contributed by atoms with van der Waals surface area (Å²) in [6.07, 6.45) is 2.99. The summed E-state index contributed by atoms with van der Waals surface area (Å²) < 4.78 is 30.5. The van der Waals surface area contributed by atoms with E-state index in [1.54, 1.807) is 12.1 Å². The Hall–Kier alpha value is -2.25. The number of benzene rings is 1. The van der Waals surface area contributed by atoms with Crippen molar-refractivity contribution in [2.45, 2.75) is 4.90 Å². The van der Waals surface area contributed by atoms with Gasteiger partial charge in [0.05, 0.1) is 4.90 Å². The van der Waals surface area contributed by atoms with Crippen molar-refractivity contribution >= 4 is 21.7 Å². The van der Waals surface area contributed by atoms with E-state index in [0.29, 0.717) is 11.3 Å². The molecule has 0 unspecified atom stereocenters. The number of pyridine rings is 1. The molecule has 7 heteroatoms. The third kappa shape index (κ3) is 3.36. The van der Waals surface area contributed by atoms with Gasteiger partial charge in [-0.2, -0.15) is 8.42 Å². The molecule has 1 amide bonds. The third-order valence-corrected chi connectivity index (χ3v) is 3.22. The molecule has 0 bridgehead atoms. The number of carbonyl (C=O) groups excluding carboxylic acids is 1. The fourth-order valence-electron chi connectivity index (χ4n) is 1.42. The van der Waals surface area contributed by atoms with Gasteiger partial charge in [0, 0.05) is 23.6 Å². The first-order chi connectivity index (χ1) is 8.97. The summed E-state index contributed by atoms with van der Waals surface area (Å²) in [6, 6.07) is 8.31. The quantitative estimate of drug-likeness (QED) is 0.831. The molecule has 0 saturated heterocycles. The Morgan fingerprint density at radius 1 is 1.05 bits per heavy atom. The first-order valence-corrected chi connectivity index (χ1v) is 6.70. The first-order valence-electron chi connectivity index (χ1n) is 5.26. The Kier molecular flexibility index (Phi) is 3.59. The minimum atomic E-state index is -4.22. The van der Waals surface area contributed by atoms with Crippen LogP contribution in [0.3, 0.4) is 0 Å². The maximum absolute atomic E-state index is 11.8. The summed E-state index contributed by atoms with van der Waals surface area (Å²) in [5.41, 5.74) is 0.864. The molecule has 19 heavy (non-hydrogen) atoms. The topological polar surface area (TPSA) is 96.4 Å². The number of anilines is 1. The van der Waals surface area contributed by atoms with Crippen LogP contribution in [0.25, 0.3) is 0 Å². The van der Waals surface area contributed by atoms with Gasteiger partial charge in [-0.05, 0) is 36.4 Å². The Morgan fingerprint density at radius 2 is 1.63 bits per heavy atom. The van der Waals surface area contributed by atoms with Crippen LogP contribution in [0.15, 0.2) is 53.7 Å². The number of carbonyl (C=O) groups is 1. The number of hydrogen-bond donors (Lipinski definition) is 2. The second-order valence-corrected chi connectivity index (χ2v) is 5.11. The zero-order chi connectivity index (χ0) is 13.9. The average Bonchev–Trinajstić information content (AvgIpc) is 2.39. The van der Waals surface area contributed by atoms with E-state index in [1.807, 2.05) is 0 Å². The molecule has 0 spiro atoms. The highest BCUT2D eigenvalue weighted by Gasteiger charge is 2.10. The highest BCUT2D eigenvalue weighted by Crippen LogP contribution is 2.14. The number of rotatable bonds is 3. The molecule has 98 valence electrons. The van der Waals surface area contributed by atoms with E-state index >= 15 is 0 Å². The molecule has 1 heterocycles. The van der Waals surface area contributed by atoms with Crippen LogP contribution in [0.4, 0.5) is 5.69 Å². The molecular weight excluding hydrogens is 268 g/mol. The lowest BCUT2D eigenvalue weighted by atomic mass is 10.2. The highest BCUT2D eigenvalue weighted by molar-refractivity contribution is 7.85. The molecule has 1 aromatic carbocycles. The van der Waals surface area contributed by atoms with Crippen molar-refractivity contribution < 1.29 is 17.8 Å². The highest BCUT2D eigenvalue weighted by atomic mass is 32.2. The fourth-order valence-corrected chi connectivity index (χ4v) is 1.90. The van der Waals surface area contributed by atoms with E-state index in [9.17, 15) is 13.2 Å². The van der Waals surface area contributed by atoms with Gasteiger partial charge >= 0.3 is 0 Å². The number of amides is 1. The van der Waals surface area contributed by atoms with Gasteiger partial charge in [-0.15, -0.1) is 0 Å². The van der Waals surface area contributed by atoms with Crippen LogP contribution in [-0.2, 0) is 10.1 Å². The summed E-state index contributed by atoms with van der Waals surface area (Å²) in [5, 5.41) is 2.59. The SMILES string of the molecule is O=C(Nc1ccc(S(=O)(=O)O)cc1)c1ccncc1. The predicted octanol–water partition coefficient (Wildman–Crippen LogP) is 1.58. The molecule has 0 fully saturated rings. The molecular formula is C12H10N2O4S. The van der Waals surface area contributed by atoms with E-state index in [0.717, 1.165) is 0 Å². The first kappa shape index (κ1) is 13.2. The van der Waals surface area contributed by atoms with Crippen LogP contribution in [-0.4, -0.2) is 23.9 Å². The molecule has 2 N–H and O–H groups in total. The van der Waals surface area contributed by atoms with E-state index in [4.69, 9.17) is 4.55 Å². The summed E-state index contributed by atoms with van der Waals surface area (Å²) in [4.78, 5) is 15.4. The van der Waals surface area contributed by atoms with Gasteiger partial charge in [-0.3, -0.25) is 14.3 Å². The standard InChI is InChI=1S/C12H10N2O4S/c15-12(9-5-7-13-8-6-9)14-10-1-3-11(4-2-10)19(16,17)18/h1-8H,(H,14,15)(H,16,17,18). The lowest BCUT2D eigenvalue weighted by molar-refractivity contribution is 0.102. The minimum absolute atomic E-state index is 0.227. The van der Waals surface area contributed by atoms with Gasteiger partial charge in [0.1, 0.15) is 0 Å². The fraction of sp³-hybridized carbons (Fsp3) is 0. The van der Waals surface area contributed by atoms with Crippen LogP contribution in [0, 0.1) is 0 Å². The van der Waals surface area contributed by atoms with E-state index < -0.39 is 10.1 Å². The zero-order valence-electron chi connectivity index (χ0n) is 9.65. The Morgan fingerprint density at radius 3 is 2.16 bits per heavy atom. The molecule has 0 aliphatic rings. The minimum Gasteiger partial charge on any atom is -0.322 e. The third-order valence-electron chi connectivity index (χ3n) is 2.35. The summed E-state index contributed by atoms with van der Waals surface area (Å²) >= 11 is 0. The summed E-state index contributed by atoms with van der Waals surface area (Å²) in [6.45, 7) is 0. The lowest BCUT2D eigenvalue weighted by Crippen LogP contribution is -2.11. The van der Waals surface area contributed by atoms with Crippen molar-refractivity contribution in [2.75, 3.05) is 5.32 Å². The lowest BCUT2D eigenvalue weighted by Gasteiger charge is -2.05. The molecule has 2 rings (SSSR count). The van der Waals surface area contributed by atoms with Gasteiger partial charge < -0.3 is 5.32 Å². The van der Waals surface area contributed by atoms with Gasteiger partial charge in [0.25, 0.3) is 16.0 Å². The number of nitrogens with zero attached hydrogens (tertiary/aromatic N) is 1. The molecule has 2 aromatic rings. The van der Waals surface area contributed by atoms with E-state index in [2.05, 4.69) is 10.3 Å². The predicted molar refractivity (Wildman–Crippen MR) is 68.4 cm³/mol. The van der Waals surface area contributed by atoms with Crippen molar-refractivity contribution in [2.24, 2.45) is 0 Å². The van der Waals surface area contributed by atoms with Crippen LogP contribution in [0.1, 0.15) is 10.4 Å². The Labute approximate surface area is 109 Å². The molecule has 6 nitrogen and oxygen atoms in total. The van der Waals surface area contributed by atoms with Gasteiger partial charge in [-0.1, -0.05) is 0 Å². The van der Waals surface area contributed by atoms with Crippen molar-refractivity contribution in [3.63, 3.8) is 0 Å². The number of aromatic nitrogens is 1. The molecule has 0 aliphatic heterocycles. The zero-order valence-corrected chi connectivity index (χ0v) is 10.5. The van der Waals surface area contributed by atoms with Crippen LogP contribution < -0.4 is 5.32 Å². The van der Waals surface area contributed by atoms with E-state index in [-0.39, 0.29) is 10.8 Å². The Balaban J connectivity index is 2.15. The molecule has 0 atom stereocenters. The second-order valence-electron chi connectivity index (χ2n) is 3.69.